The molecule has 0 aliphatic rings. The summed E-state index contributed by atoms with van der Waals surface area (Å²) in [5.41, 5.74) is 0.315. The van der Waals surface area contributed by atoms with Crippen LogP contribution in [-0.2, 0) is 0 Å². The maximum atomic E-state index is 14.7. The topological polar surface area (TPSA) is 96.3 Å². The Bertz CT molecular complexity index is 1490. The molecule has 3 aromatic carbocycles. The van der Waals surface area contributed by atoms with Gasteiger partial charge in [0.15, 0.2) is 0 Å². The number of carbonyl (C=O) groups excluding carboxylic acids is 1. The van der Waals surface area contributed by atoms with Crippen molar-refractivity contribution in [2.24, 2.45) is 0 Å². The zero-order valence-corrected chi connectivity index (χ0v) is 19.3. The van der Waals surface area contributed by atoms with E-state index in [9.17, 15) is 23.2 Å². The number of hydrogen-bond donors (Lipinski definition) is 3. The molecule has 2 amide bonds. The van der Waals surface area contributed by atoms with Crippen molar-refractivity contribution in [3.63, 3.8) is 0 Å². The Labute approximate surface area is 208 Å². The molecule has 0 atom stereocenters. The molecule has 0 saturated heterocycles. The Morgan fingerprint density at radius 2 is 1.69 bits per heavy atom. The van der Waals surface area contributed by atoms with Gasteiger partial charge in [0.25, 0.3) is 0 Å². The lowest BCUT2D eigenvalue weighted by Crippen LogP contribution is -2.20. The minimum absolute atomic E-state index is 0.115. The largest absolute Gasteiger partial charge is 0.491 e. The van der Waals surface area contributed by atoms with Gasteiger partial charge < -0.3 is 20.1 Å². The monoisotopic (exact) mass is 510 g/mol. The van der Waals surface area contributed by atoms with Crippen LogP contribution in [0.2, 0.25) is 0 Å². The molecule has 4 rings (SSSR count). The van der Waals surface area contributed by atoms with Gasteiger partial charge in [-0.3, -0.25) is 4.98 Å². The van der Waals surface area contributed by atoms with Gasteiger partial charge in [0, 0.05) is 35.5 Å². The minimum atomic E-state index is -0.973. The molecule has 0 spiro atoms. The molecule has 0 bridgehead atoms. The highest BCUT2D eigenvalue weighted by Crippen LogP contribution is 2.34. The van der Waals surface area contributed by atoms with Crippen molar-refractivity contribution in [2.45, 2.75) is 0 Å². The van der Waals surface area contributed by atoms with Crippen LogP contribution in [0.4, 0.5) is 29.3 Å². The number of anilines is 2. The SMILES string of the molecule is N#Cc1cc2c(Oc3ccc(NC(=O)Nc4ccc(F)cc4F)c(F)c3)ccnc2cc1OCCS. The maximum absolute atomic E-state index is 14.7. The molecule has 2 N–H and O–H groups in total. The Balaban J connectivity index is 1.52. The van der Waals surface area contributed by atoms with Crippen LogP contribution >= 0.6 is 12.6 Å². The number of pyridine rings is 1. The average Bonchev–Trinajstić information content (AvgIpc) is 2.85. The molecular weight excluding hydrogens is 493 g/mol. The van der Waals surface area contributed by atoms with Crippen molar-refractivity contribution in [2.75, 3.05) is 23.0 Å². The van der Waals surface area contributed by atoms with Crippen LogP contribution in [0.15, 0.2) is 60.8 Å². The van der Waals surface area contributed by atoms with Gasteiger partial charge in [-0.15, -0.1) is 0 Å². The first-order chi connectivity index (χ1) is 17.4. The Kier molecular flexibility index (Phi) is 7.46. The van der Waals surface area contributed by atoms with Crippen LogP contribution in [0.3, 0.4) is 0 Å². The summed E-state index contributed by atoms with van der Waals surface area (Å²) in [6.07, 6.45) is 1.50. The third kappa shape index (κ3) is 5.61. The summed E-state index contributed by atoms with van der Waals surface area (Å²) >= 11 is 4.09. The molecule has 0 aliphatic carbocycles. The van der Waals surface area contributed by atoms with Gasteiger partial charge in [0.1, 0.15) is 40.8 Å². The first kappa shape index (κ1) is 24.7. The zero-order valence-electron chi connectivity index (χ0n) is 18.4. The van der Waals surface area contributed by atoms with E-state index >= 15 is 0 Å². The lowest BCUT2D eigenvalue weighted by Gasteiger charge is -2.13. The van der Waals surface area contributed by atoms with E-state index in [1.807, 2.05) is 0 Å². The van der Waals surface area contributed by atoms with Gasteiger partial charge in [-0.05, 0) is 36.4 Å². The average molecular weight is 510 g/mol. The minimum Gasteiger partial charge on any atom is -0.491 e. The molecular formula is C25H17F3N4O3S. The number of amides is 2. The third-order valence-corrected chi connectivity index (χ3v) is 5.05. The summed E-state index contributed by atoms with van der Waals surface area (Å²) in [5, 5.41) is 14.4. The molecule has 7 nitrogen and oxygen atoms in total. The second kappa shape index (κ2) is 10.9. The fourth-order valence-electron chi connectivity index (χ4n) is 3.25. The van der Waals surface area contributed by atoms with Crippen molar-refractivity contribution in [3.8, 4) is 23.3 Å². The fourth-order valence-corrected chi connectivity index (χ4v) is 3.35. The van der Waals surface area contributed by atoms with E-state index in [0.717, 1.165) is 18.2 Å². The fraction of sp³-hybridized carbons (Fsp3) is 0.0800. The van der Waals surface area contributed by atoms with Gasteiger partial charge >= 0.3 is 6.03 Å². The molecule has 4 aromatic rings. The van der Waals surface area contributed by atoms with E-state index < -0.39 is 23.5 Å². The molecule has 1 heterocycles. The predicted molar refractivity (Wildman–Crippen MR) is 131 cm³/mol. The molecule has 0 fully saturated rings. The van der Waals surface area contributed by atoms with Crippen molar-refractivity contribution in [1.29, 1.82) is 5.26 Å². The molecule has 1 aromatic heterocycles. The number of fused-ring (bicyclic) bond motifs is 1. The quantitative estimate of drug-likeness (QED) is 0.255. The van der Waals surface area contributed by atoms with Crippen LogP contribution in [0.1, 0.15) is 5.56 Å². The standard InChI is InChI=1S/C25H17F3N4O3S/c26-15-1-3-20(18(27)10-15)31-25(33)32-21-4-2-16(11-19(21)28)35-23-5-6-30-22-12-24(34-7-8-36)14(13-29)9-17(22)23/h1-6,9-12,36H,7-8H2,(H2,31,32,33). The zero-order chi connectivity index (χ0) is 25.7. The van der Waals surface area contributed by atoms with Crippen LogP contribution < -0.4 is 20.1 Å². The lowest BCUT2D eigenvalue weighted by atomic mass is 10.1. The van der Waals surface area contributed by atoms with Crippen LogP contribution in [0.25, 0.3) is 10.9 Å². The molecule has 11 heteroatoms. The van der Waals surface area contributed by atoms with Gasteiger partial charge in [-0.1, -0.05) is 0 Å². The van der Waals surface area contributed by atoms with Crippen LogP contribution in [-0.4, -0.2) is 23.4 Å². The molecule has 0 saturated carbocycles. The summed E-state index contributed by atoms with van der Waals surface area (Å²) < 4.78 is 52.8. The summed E-state index contributed by atoms with van der Waals surface area (Å²) in [6, 6.07) is 12.2. The first-order valence-corrected chi connectivity index (χ1v) is 11.1. The number of benzene rings is 3. The lowest BCUT2D eigenvalue weighted by molar-refractivity contribution is 0.262. The van der Waals surface area contributed by atoms with E-state index in [2.05, 4.69) is 34.3 Å². The number of aromatic nitrogens is 1. The smallest absolute Gasteiger partial charge is 0.323 e. The molecule has 0 radical (unpaired) electrons. The van der Waals surface area contributed by atoms with E-state index in [4.69, 9.17) is 9.47 Å². The second-order valence-electron chi connectivity index (χ2n) is 7.31. The molecule has 36 heavy (non-hydrogen) atoms. The molecule has 0 aliphatic heterocycles. The predicted octanol–water partition coefficient (Wildman–Crippen LogP) is 6.27. The van der Waals surface area contributed by atoms with E-state index in [0.29, 0.717) is 40.8 Å². The van der Waals surface area contributed by atoms with Crippen LogP contribution in [0.5, 0.6) is 17.2 Å². The number of carbonyl (C=O) groups is 1. The van der Waals surface area contributed by atoms with E-state index in [1.165, 1.54) is 18.3 Å². The van der Waals surface area contributed by atoms with Gasteiger partial charge in [0.2, 0.25) is 0 Å². The molecule has 182 valence electrons. The number of rotatable bonds is 7. The number of ether oxygens (including phenoxy) is 2. The number of halogens is 3. The first-order valence-electron chi connectivity index (χ1n) is 10.4. The second-order valence-corrected chi connectivity index (χ2v) is 7.75. The van der Waals surface area contributed by atoms with E-state index in [1.54, 1.807) is 18.2 Å². The van der Waals surface area contributed by atoms with Crippen molar-refractivity contribution in [1.82, 2.24) is 4.98 Å². The summed E-state index contributed by atoms with van der Waals surface area (Å²) in [7, 11) is 0. The van der Waals surface area contributed by atoms with Crippen molar-refractivity contribution < 1.29 is 27.4 Å². The Hall–Kier alpha value is -4.43. The number of nitrogens with one attached hydrogen (secondary N) is 2. The normalized spacial score (nSPS) is 10.5. The summed E-state index contributed by atoms with van der Waals surface area (Å²) in [4.78, 5) is 16.4. The Morgan fingerprint density at radius 3 is 2.36 bits per heavy atom. The molecule has 0 unspecified atom stereocenters. The summed E-state index contributed by atoms with van der Waals surface area (Å²) in [6.45, 7) is 0.315. The third-order valence-electron chi connectivity index (χ3n) is 4.87. The van der Waals surface area contributed by atoms with E-state index in [-0.39, 0.29) is 22.7 Å². The number of nitriles is 1. The van der Waals surface area contributed by atoms with Crippen molar-refractivity contribution in [3.05, 3.63) is 83.8 Å². The highest BCUT2D eigenvalue weighted by Gasteiger charge is 2.14. The number of nitrogens with zero attached hydrogens (tertiary/aromatic N) is 2. The van der Waals surface area contributed by atoms with Gasteiger partial charge in [0.05, 0.1) is 29.1 Å². The van der Waals surface area contributed by atoms with Crippen LogP contribution in [0, 0.1) is 28.8 Å². The van der Waals surface area contributed by atoms with Gasteiger partial charge in [-0.25, -0.2) is 18.0 Å². The van der Waals surface area contributed by atoms with Gasteiger partial charge in [-0.2, -0.15) is 17.9 Å². The number of hydrogen-bond acceptors (Lipinski definition) is 6. The maximum Gasteiger partial charge on any atom is 0.323 e. The summed E-state index contributed by atoms with van der Waals surface area (Å²) in [5.74, 6) is -1.32. The number of urea groups is 1. The highest BCUT2D eigenvalue weighted by atomic mass is 32.1. The number of thiol groups is 1. The Morgan fingerprint density at radius 1 is 0.972 bits per heavy atom. The highest BCUT2D eigenvalue weighted by molar-refractivity contribution is 7.80. The van der Waals surface area contributed by atoms with Crippen molar-refractivity contribution >= 4 is 40.9 Å².